The molecule has 2 bridgehead atoms. The first-order valence-electron chi connectivity index (χ1n) is 10.5. The van der Waals surface area contributed by atoms with Crippen molar-refractivity contribution in [3.8, 4) is 11.8 Å². The van der Waals surface area contributed by atoms with E-state index >= 15 is 0 Å². The molecule has 0 spiro atoms. The van der Waals surface area contributed by atoms with Crippen molar-refractivity contribution >= 4 is 38.7 Å². The van der Waals surface area contributed by atoms with Crippen LogP contribution < -0.4 is 4.90 Å². The molecule has 8 nitrogen and oxygen atoms in total. The maximum atomic E-state index is 12.5. The topological polar surface area (TPSA) is 87.3 Å². The van der Waals surface area contributed by atoms with Crippen LogP contribution in [0.3, 0.4) is 0 Å². The van der Waals surface area contributed by atoms with Gasteiger partial charge in [0.15, 0.2) is 0 Å². The number of amides is 1. The van der Waals surface area contributed by atoms with E-state index in [1.165, 1.54) is 0 Å². The lowest BCUT2D eigenvalue weighted by molar-refractivity contribution is 0.0214. The van der Waals surface area contributed by atoms with E-state index in [1.807, 2.05) is 54.6 Å². The molecule has 0 unspecified atom stereocenters. The molecule has 2 atom stereocenters. The number of carbonyl (C=O) groups is 1. The Morgan fingerprint density at radius 2 is 2.03 bits per heavy atom. The Morgan fingerprint density at radius 3 is 2.72 bits per heavy atom. The van der Waals surface area contributed by atoms with Gasteiger partial charge in [0.25, 0.3) is 0 Å². The van der Waals surface area contributed by atoms with Crippen molar-refractivity contribution in [2.24, 2.45) is 0 Å². The number of pyridine rings is 1. The number of likely N-dealkylation sites (tertiary alicyclic amines) is 1. The van der Waals surface area contributed by atoms with Gasteiger partial charge in [0.2, 0.25) is 0 Å². The van der Waals surface area contributed by atoms with E-state index in [1.54, 1.807) is 12.3 Å². The van der Waals surface area contributed by atoms with Crippen molar-refractivity contribution in [3.05, 3.63) is 46.7 Å². The lowest BCUT2D eigenvalue weighted by Crippen LogP contribution is -2.50. The molecule has 2 aliphatic heterocycles. The van der Waals surface area contributed by atoms with Gasteiger partial charge in [-0.1, -0.05) is 0 Å². The Labute approximate surface area is 194 Å². The number of hydrogen-bond acceptors (Lipinski definition) is 6. The number of hydrogen-bond donors (Lipinski definition) is 0. The number of nitrogens with zero attached hydrogens (tertiary/aromatic N) is 6. The van der Waals surface area contributed by atoms with Crippen molar-refractivity contribution in [1.29, 1.82) is 5.26 Å². The van der Waals surface area contributed by atoms with Crippen LogP contribution in [0.1, 0.15) is 32.8 Å². The summed E-state index contributed by atoms with van der Waals surface area (Å²) in [5.74, 6) is 0.857. The molecule has 0 radical (unpaired) electrons. The van der Waals surface area contributed by atoms with Gasteiger partial charge in [-0.2, -0.15) is 10.4 Å². The van der Waals surface area contributed by atoms with Crippen molar-refractivity contribution in [2.45, 2.75) is 44.9 Å². The molecule has 0 N–H and O–H groups in total. The molecule has 1 amide bonds. The average molecular weight is 495 g/mol. The van der Waals surface area contributed by atoms with Crippen LogP contribution in [0.5, 0.6) is 0 Å². The Bertz CT molecular complexity index is 1260. The molecule has 2 aromatic heterocycles. The van der Waals surface area contributed by atoms with Crippen LogP contribution in [-0.2, 0) is 4.74 Å². The summed E-state index contributed by atoms with van der Waals surface area (Å²) in [6, 6.07) is 12.0. The molecular formula is C23H23BrN6O2. The third-order valence-electron chi connectivity index (χ3n) is 5.90. The van der Waals surface area contributed by atoms with E-state index in [0.29, 0.717) is 12.1 Å². The predicted molar refractivity (Wildman–Crippen MR) is 124 cm³/mol. The fourth-order valence-corrected chi connectivity index (χ4v) is 5.03. The highest BCUT2D eigenvalue weighted by Crippen LogP contribution is 2.35. The zero-order valence-electron chi connectivity index (χ0n) is 18.1. The molecule has 3 aromatic rings. The van der Waals surface area contributed by atoms with Crippen LogP contribution in [0.15, 0.2) is 41.1 Å². The summed E-state index contributed by atoms with van der Waals surface area (Å²) in [6.45, 7) is 7.02. The van der Waals surface area contributed by atoms with Gasteiger partial charge in [-0.05, 0) is 67.4 Å². The molecule has 32 heavy (non-hydrogen) atoms. The maximum absolute atomic E-state index is 12.5. The Balaban J connectivity index is 1.41. The summed E-state index contributed by atoms with van der Waals surface area (Å²) < 4.78 is 8.12. The number of ether oxygens (including phenoxy) is 1. The van der Waals surface area contributed by atoms with Gasteiger partial charge in [0.1, 0.15) is 16.0 Å². The van der Waals surface area contributed by atoms with Crippen molar-refractivity contribution in [3.63, 3.8) is 0 Å². The van der Waals surface area contributed by atoms with Gasteiger partial charge in [0.05, 0.1) is 34.9 Å². The standard InChI is InChI=1S/C23H23BrN6O2/c1-23(2,3)32-22(31)29-13-16-9-17(29)12-28(16)20-10-15(6-7-26-20)30-19-8-14(11-25)4-5-18(19)21(24)27-30/h4-8,10,16-17H,9,12-13H2,1-3H3/t16-,17-/m0/s1. The lowest BCUT2D eigenvalue weighted by atomic mass is 10.2. The number of nitriles is 1. The Morgan fingerprint density at radius 1 is 1.22 bits per heavy atom. The highest BCUT2D eigenvalue weighted by atomic mass is 79.9. The molecule has 0 saturated carbocycles. The second kappa shape index (κ2) is 7.48. The van der Waals surface area contributed by atoms with Crippen molar-refractivity contribution in [1.82, 2.24) is 19.7 Å². The van der Waals surface area contributed by atoms with Gasteiger partial charge in [-0.3, -0.25) is 0 Å². The number of piperazine rings is 1. The summed E-state index contributed by atoms with van der Waals surface area (Å²) in [5.41, 5.74) is 1.81. The number of halogens is 1. The summed E-state index contributed by atoms with van der Waals surface area (Å²) in [5, 5.41) is 14.9. The van der Waals surface area contributed by atoms with E-state index < -0.39 is 5.60 Å². The Kier molecular flexibility index (Phi) is 4.86. The smallest absolute Gasteiger partial charge is 0.410 e. The molecule has 1 aromatic carbocycles. The molecule has 2 aliphatic rings. The molecule has 2 fully saturated rings. The normalized spacial score (nSPS) is 20.1. The maximum Gasteiger partial charge on any atom is 0.410 e. The molecular weight excluding hydrogens is 472 g/mol. The van der Waals surface area contributed by atoms with E-state index in [4.69, 9.17) is 4.74 Å². The van der Waals surface area contributed by atoms with Gasteiger partial charge in [0, 0.05) is 30.7 Å². The van der Waals surface area contributed by atoms with E-state index in [2.05, 4.69) is 37.0 Å². The first kappa shape index (κ1) is 20.8. The first-order chi connectivity index (χ1) is 15.2. The number of rotatable bonds is 2. The van der Waals surface area contributed by atoms with E-state index in [9.17, 15) is 10.1 Å². The van der Waals surface area contributed by atoms with Gasteiger partial charge < -0.3 is 14.5 Å². The lowest BCUT2D eigenvalue weighted by Gasteiger charge is -2.35. The largest absolute Gasteiger partial charge is 0.444 e. The second-order valence-corrected chi connectivity index (χ2v) is 10.00. The van der Waals surface area contributed by atoms with Crippen LogP contribution in [0.25, 0.3) is 16.6 Å². The molecule has 4 heterocycles. The van der Waals surface area contributed by atoms with Crippen molar-refractivity contribution < 1.29 is 9.53 Å². The van der Waals surface area contributed by atoms with Gasteiger partial charge in [-0.15, -0.1) is 0 Å². The molecule has 164 valence electrons. The SMILES string of the molecule is CC(C)(C)OC(=O)N1C[C@@H]2C[C@H]1CN2c1cc(-n2nc(Br)c3ccc(C#N)cc32)ccn1. The van der Waals surface area contributed by atoms with Gasteiger partial charge in [-0.25, -0.2) is 14.5 Å². The van der Waals surface area contributed by atoms with Gasteiger partial charge >= 0.3 is 6.09 Å². The highest BCUT2D eigenvalue weighted by molar-refractivity contribution is 9.10. The fourth-order valence-electron chi connectivity index (χ4n) is 4.53. The highest BCUT2D eigenvalue weighted by Gasteiger charge is 2.47. The van der Waals surface area contributed by atoms with Crippen LogP contribution in [0.4, 0.5) is 10.6 Å². The number of carbonyl (C=O) groups excluding carboxylic acids is 1. The summed E-state index contributed by atoms with van der Waals surface area (Å²) in [7, 11) is 0. The minimum Gasteiger partial charge on any atom is -0.444 e. The van der Waals surface area contributed by atoms with E-state index in [-0.39, 0.29) is 18.2 Å². The average Bonchev–Trinajstić information content (AvgIpc) is 3.45. The number of anilines is 1. The second-order valence-electron chi connectivity index (χ2n) is 9.25. The van der Waals surface area contributed by atoms with Crippen molar-refractivity contribution in [2.75, 3.05) is 18.0 Å². The van der Waals surface area contributed by atoms with Crippen LogP contribution in [-0.4, -0.2) is 56.5 Å². The molecule has 0 aliphatic carbocycles. The quantitative estimate of drug-likeness (QED) is 0.528. The minimum atomic E-state index is -0.499. The van der Waals surface area contributed by atoms with Crippen LogP contribution in [0, 0.1) is 11.3 Å². The third-order valence-corrected chi connectivity index (χ3v) is 6.49. The zero-order valence-corrected chi connectivity index (χ0v) is 19.7. The zero-order chi connectivity index (χ0) is 22.6. The molecule has 5 rings (SSSR count). The predicted octanol–water partition coefficient (Wildman–Crippen LogP) is 4.25. The number of benzene rings is 1. The fraction of sp³-hybridized carbons (Fsp3) is 0.391. The van der Waals surface area contributed by atoms with Crippen LogP contribution >= 0.6 is 15.9 Å². The number of aromatic nitrogens is 3. The summed E-state index contributed by atoms with van der Waals surface area (Å²) in [6.07, 6.45) is 2.44. The number of fused-ring (bicyclic) bond motifs is 3. The third kappa shape index (κ3) is 3.58. The summed E-state index contributed by atoms with van der Waals surface area (Å²) >= 11 is 3.52. The monoisotopic (exact) mass is 494 g/mol. The van der Waals surface area contributed by atoms with E-state index in [0.717, 1.165) is 40.0 Å². The minimum absolute atomic E-state index is 0.123. The summed E-state index contributed by atoms with van der Waals surface area (Å²) in [4.78, 5) is 21.2. The first-order valence-corrected chi connectivity index (χ1v) is 11.3. The van der Waals surface area contributed by atoms with Crippen LogP contribution in [0.2, 0.25) is 0 Å². The Hall–Kier alpha value is -3.12. The molecule has 2 saturated heterocycles. The molecule has 9 heteroatoms.